The summed E-state index contributed by atoms with van der Waals surface area (Å²) in [5, 5.41) is 0.636. The van der Waals surface area contributed by atoms with Crippen LogP contribution in [-0.2, 0) is 10.0 Å². The van der Waals surface area contributed by atoms with Gasteiger partial charge in [-0.2, -0.15) is 0 Å². The predicted octanol–water partition coefficient (Wildman–Crippen LogP) is 4.10. The molecule has 0 saturated heterocycles. The Kier molecular flexibility index (Phi) is 4.25. The van der Waals surface area contributed by atoms with Crippen molar-refractivity contribution in [2.24, 2.45) is 0 Å². The first kappa shape index (κ1) is 17.1. The van der Waals surface area contributed by atoms with E-state index in [4.69, 9.17) is 4.74 Å². The summed E-state index contributed by atoms with van der Waals surface area (Å²) in [6.45, 7) is 0. The summed E-state index contributed by atoms with van der Waals surface area (Å²) in [5.74, 6) is -0.395. The lowest BCUT2D eigenvalue weighted by Gasteiger charge is -2.11. The summed E-state index contributed by atoms with van der Waals surface area (Å²) in [4.78, 5) is 12.9. The summed E-state index contributed by atoms with van der Waals surface area (Å²) >= 11 is 0. The standard InChI is InChI=1S/C21H15NO4S/c23-21(26-17-10-3-1-4-11-17)20-15-16-9-7-8-14-19(16)22(20)27(24,25)18-12-5-2-6-13-18/h1-15H. The highest BCUT2D eigenvalue weighted by Crippen LogP contribution is 2.26. The number of hydrogen-bond acceptors (Lipinski definition) is 4. The Bertz CT molecular complexity index is 1210. The number of nitrogens with zero attached hydrogens (tertiary/aromatic N) is 1. The minimum atomic E-state index is -3.97. The molecule has 0 atom stereocenters. The van der Waals surface area contributed by atoms with Gasteiger partial charge in [0.05, 0.1) is 10.4 Å². The van der Waals surface area contributed by atoms with Gasteiger partial charge in [-0.25, -0.2) is 17.2 Å². The third-order valence-corrected chi connectivity index (χ3v) is 5.85. The van der Waals surface area contributed by atoms with Crippen LogP contribution in [0.15, 0.2) is 95.9 Å². The van der Waals surface area contributed by atoms with E-state index in [1.54, 1.807) is 72.8 Å². The zero-order chi connectivity index (χ0) is 18.9. The molecule has 5 nitrogen and oxygen atoms in total. The highest BCUT2D eigenvalue weighted by atomic mass is 32.2. The van der Waals surface area contributed by atoms with Crippen molar-refractivity contribution in [2.45, 2.75) is 4.90 Å². The van der Waals surface area contributed by atoms with E-state index >= 15 is 0 Å². The second kappa shape index (κ2) is 6.74. The van der Waals surface area contributed by atoms with Crippen molar-refractivity contribution in [1.82, 2.24) is 3.97 Å². The Morgan fingerprint density at radius 2 is 1.37 bits per heavy atom. The molecule has 27 heavy (non-hydrogen) atoms. The molecule has 0 saturated carbocycles. The van der Waals surface area contributed by atoms with Crippen LogP contribution in [0.1, 0.15) is 10.5 Å². The zero-order valence-corrected chi connectivity index (χ0v) is 15.0. The fourth-order valence-electron chi connectivity index (χ4n) is 2.88. The number of carbonyl (C=O) groups is 1. The first-order valence-electron chi connectivity index (χ1n) is 8.26. The van der Waals surface area contributed by atoms with Crippen LogP contribution >= 0.6 is 0 Å². The molecule has 3 aromatic carbocycles. The number of carbonyl (C=O) groups excluding carboxylic acids is 1. The minimum absolute atomic E-state index is 0.0519. The molecule has 134 valence electrons. The molecular weight excluding hydrogens is 362 g/mol. The summed E-state index contributed by atoms with van der Waals surface area (Å²) in [5.41, 5.74) is 0.366. The first-order chi connectivity index (χ1) is 13.1. The maximum atomic E-state index is 13.2. The van der Waals surface area contributed by atoms with Crippen molar-refractivity contribution in [3.63, 3.8) is 0 Å². The van der Waals surface area contributed by atoms with Crippen LogP contribution in [0.25, 0.3) is 10.9 Å². The maximum Gasteiger partial charge on any atom is 0.361 e. The smallest absolute Gasteiger partial charge is 0.361 e. The van der Waals surface area contributed by atoms with E-state index < -0.39 is 16.0 Å². The summed E-state index contributed by atoms with van der Waals surface area (Å²) in [6, 6.07) is 25.0. The van der Waals surface area contributed by atoms with Gasteiger partial charge in [-0.05, 0) is 36.4 Å². The summed E-state index contributed by atoms with van der Waals surface area (Å²) in [6.07, 6.45) is 0. The van der Waals surface area contributed by atoms with Gasteiger partial charge in [0, 0.05) is 5.39 Å². The Morgan fingerprint density at radius 3 is 2.07 bits per heavy atom. The lowest BCUT2D eigenvalue weighted by Crippen LogP contribution is -2.21. The number of aromatic nitrogens is 1. The normalized spacial score (nSPS) is 11.4. The molecule has 0 N–H and O–H groups in total. The van der Waals surface area contributed by atoms with E-state index in [9.17, 15) is 13.2 Å². The fraction of sp³-hybridized carbons (Fsp3) is 0. The van der Waals surface area contributed by atoms with E-state index in [0.717, 1.165) is 3.97 Å². The molecule has 0 bridgehead atoms. The Hall–Kier alpha value is -3.38. The van der Waals surface area contributed by atoms with Crippen molar-refractivity contribution < 1.29 is 17.9 Å². The maximum absolute atomic E-state index is 13.2. The largest absolute Gasteiger partial charge is 0.422 e. The van der Waals surface area contributed by atoms with E-state index in [2.05, 4.69) is 0 Å². The quantitative estimate of drug-likeness (QED) is 0.397. The molecule has 0 radical (unpaired) electrons. The lowest BCUT2D eigenvalue weighted by atomic mass is 10.2. The van der Waals surface area contributed by atoms with Crippen molar-refractivity contribution in [1.29, 1.82) is 0 Å². The number of esters is 1. The van der Waals surface area contributed by atoms with Gasteiger partial charge >= 0.3 is 5.97 Å². The molecule has 4 aromatic rings. The predicted molar refractivity (Wildman–Crippen MR) is 102 cm³/mol. The van der Waals surface area contributed by atoms with Crippen LogP contribution in [0, 0.1) is 0 Å². The van der Waals surface area contributed by atoms with Gasteiger partial charge in [-0.3, -0.25) is 0 Å². The first-order valence-corrected chi connectivity index (χ1v) is 9.70. The summed E-state index contributed by atoms with van der Waals surface area (Å²) in [7, 11) is -3.97. The highest BCUT2D eigenvalue weighted by Gasteiger charge is 2.27. The van der Waals surface area contributed by atoms with Gasteiger partial charge < -0.3 is 4.74 Å². The highest BCUT2D eigenvalue weighted by molar-refractivity contribution is 7.90. The van der Waals surface area contributed by atoms with Crippen LogP contribution in [0.2, 0.25) is 0 Å². The number of para-hydroxylation sites is 2. The average Bonchev–Trinajstić information content (AvgIpc) is 3.10. The molecule has 4 rings (SSSR count). The van der Waals surface area contributed by atoms with Crippen LogP contribution < -0.4 is 4.74 Å². The van der Waals surface area contributed by atoms with Crippen molar-refractivity contribution >= 4 is 26.9 Å². The van der Waals surface area contributed by atoms with Crippen molar-refractivity contribution in [3.8, 4) is 5.75 Å². The molecule has 0 spiro atoms. The second-order valence-electron chi connectivity index (χ2n) is 5.87. The van der Waals surface area contributed by atoms with E-state index in [0.29, 0.717) is 16.7 Å². The monoisotopic (exact) mass is 377 g/mol. The summed E-state index contributed by atoms with van der Waals surface area (Å²) < 4.78 is 32.9. The number of rotatable bonds is 4. The Labute approximate surface area is 156 Å². The molecule has 0 unspecified atom stereocenters. The van der Waals surface area contributed by atoms with Gasteiger partial charge in [0.15, 0.2) is 0 Å². The fourth-order valence-corrected chi connectivity index (χ4v) is 4.40. The van der Waals surface area contributed by atoms with E-state index in [1.807, 2.05) is 0 Å². The van der Waals surface area contributed by atoms with E-state index in [1.165, 1.54) is 18.2 Å². The third-order valence-electron chi connectivity index (χ3n) is 4.11. The molecule has 1 heterocycles. The second-order valence-corrected chi connectivity index (χ2v) is 7.66. The van der Waals surface area contributed by atoms with Crippen LogP contribution in [0.5, 0.6) is 5.75 Å². The third kappa shape index (κ3) is 3.11. The SMILES string of the molecule is O=C(Oc1ccccc1)c1cc2ccccc2n1S(=O)(=O)c1ccccc1. The minimum Gasteiger partial charge on any atom is -0.422 e. The van der Waals surface area contributed by atoms with Crippen LogP contribution in [-0.4, -0.2) is 18.4 Å². The van der Waals surface area contributed by atoms with Crippen LogP contribution in [0.4, 0.5) is 0 Å². The molecule has 0 fully saturated rings. The van der Waals surface area contributed by atoms with Gasteiger partial charge in [0.25, 0.3) is 10.0 Å². The molecule has 0 aliphatic carbocycles. The molecule has 0 amide bonds. The number of hydrogen-bond donors (Lipinski definition) is 0. The number of ether oxygens (including phenoxy) is 1. The average molecular weight is 377 g/mol. The molecule has 6 heteroatoms. The van der Waals surface area contributed by atoms with E-state index in [-0.39, 0.29) is 10.6 Å². The topological polar surface area (TPSA) is 65.4 Å². The lowest BCUT2D eigenvalue weighted by molar-refractivity contribution is 0.0728. The van der Waals surface area contributed by atoms with Gasteiger partial charge in [-0.1, -0.05) is 54.6 Å². The molecule has 1 aromatic heterocycles. The van der Waals surface area contributed by atoms with Crippen molar-refractivity contribution in [3.05, 3.63) is 96.7 Å². The number of benzene rings is 3. The molecular formula is C21H15NO4S. The molecule has 0 aliphatic rings. The van der Waals surface area contributed by atoms with Gasteiger partial charge in [-0.15, -0.1) is 0 Å². The van der Waals surface area contributed by atoms with Crippen LogP contribution in [0.3, 0.4) is 0 Å². The Balaban J connectivity index is 1.89. The van der Waals surface area contributed by atoms with Gasteiger partial charge in [0.1, 0.15) is 11.4 Å². The Morgan fingerprint density at radius 1 is 0.778 bits per heavy atom. The zero-order valence-electron chi connectivity index (χ0n) is 14.1. The van der Waals surface area contributed by atoms with Crippen molar-refractivity contribution in [2.75, 3.05) is 0 Å². The van der Waals surface area contributed by atoms with Gasteiger partial charge in [0.2, 0.25) is 0 Å². The molecule has 0 aliphatic heterocycles. The number of fused-ring (bicyclic) bond motifs is 1.